The van der Waals surface area contributed by atoms with E-state index in [9.17, 15) is 14.9 Å². The van der Waals surface area contributed by atoms with E-state index in [1.807, 2.05) is 0 Å². The van der Waals surface area contributed by atoms with E-state index in [2.05, 4.69) is 16.9 Å². The van der Waals surface area contributed by atoms with Crippen LogP contribution >= 0.6 is 22.9 Å². The van der Waals surface area contributed by atoms with E-state index in [1.165, 1.54) is 10.9 Å². The van der Waals surface area contributed by atoms with Crippen LogP contribution in [0.3, 0.4) is 0 Å². The van der Waals surface area contributed by atoms with Crippen LogP contribution in [0.2, 0.25) is 0 Å². The first-order chi connectivity index (χ1) is 13.3. The number of nitro benzene ring substituents is 1. The number of halogens is 1. The van der Waals surface area contributed by atoms with Crippen LogP contribution in [0.1, 0.15) is 40.7 Å². The van der Waals surface area contributed by atoms with E-state index < -0.39 is 4.92 Å². The van der Waals surface area contributed by atoms with Gasteiger partial charge in [-0.3, -0.25) is 14.9 Å². The van der Waals surface area contributed by atoms with Crippen LogP contribution in [-0.2, 0) is 12.8 Å². The molecule has 0 aliphatic heterocycles. The van der Waals surface area contributed by atoms with Gasteiger partial charge in [0.2, 0.25) is 0 Å². The summed E-state index contributed by atoms with van der Waals surface area (Å²) in [6.07, 6.45) is 4.53. The fraction of sp³-hybridized carbons (Fsp3) is 0.300. The number of aromatic amines is 1. The Morgan fingerprint density at radius 3 is 3.00 bits per heavy atom. The smallest absolute Gasteiger partial charge is 0.272 e. The van der Waals surface area contributed by atoms with Crippen LogP contribution in [-0.4, -0.2) is 14.9 Å². The Kier molecular flexibility index (Phi) is 4.81. The van der Waals surface area contributed by atoms with Crippen LogP contribution < -0.4 is 5.56 Å². The summed E-state index contributed by atoms with van der Waals surface area (Å²) in [4.78, 5) is 32.7. The maximum Gasteiger partial charge on any atom is 0.272 e. The van der Waals surface area contributed by atoms with Crippen molar-refractivity contribution in [3.63, 3.8) is 0 Å². The highest BCUT2D eigenvalue weighted by Gasteiger charge is 2.23. The number of hydrogen-bond donors (Lipinski definition) is 1. The molecule has 0 radical (unpaired) electrons. The number of nitro groups is 1. The number of nitrogens with one attached hydrogen (secondary N) is 1. The van der Waals surface area contributed by atoms with Gasteiger partial charge >= 0.3 is 0 Å². The quantitative estimate of drug-likeness (QED) is 0.478. The normalized spacial score (nSPS) is 17.0. The van der Waals surface area contributed by atoms with Gasteiger partial charge in [-0.1, -0.05) is 30.7 Å². The Balaban J connectivity index is 1.77. The summed E-state index contributed by atoms with van der Waals surface area (Å²) in [6, 6.07) is 4.87. The van der Waals surface area contributed by atoms with E-state index in [0.717, 1.165) is 24.8 Å². The number of nitrogens with zero attached hydrogens (tertiary/aromatic N) is 2. The molecule has 1 aromatic carbocycles. The highest BCUT2D eigenvalue weighted by Crippen LogP contribution is 2.36. The fourth-order valence-corrected chi connectivity index (χ4v) is 5.19. The largest absolute Gasteiger partial charge is 0.305 e. The van der Waals surface area contributed by atoms with Crippen molar-refractivity contribution in [2.75, 3.05) is 0 Å². The third-order valence-electron chi connectivity index (χ3n) is 5.11. The van der Waals surface area contributed by atoms with Crippen molar-refractivity contribution in [1.29, 1.82) is 0 Å². The monoisotopic (exact) mass is 415 g/mol. The predicted molar refractivity (Wildman–Crippen MR) is 113 cm³/mol. The van der Waals surface area contributed by atoms with Crippen molar-refractivity contribution in [1.82, 2.24) is 9.97 Å². The first kappa shape index (κ1) is 18.8. The summed E-state index contributed by atoms with van der Waals surface area (Å²) in [6.45, 7) is 3.90. The van der Waals surface area contributed by atoms with Crippen molar-refractivity contribution < 1.29 is 4.92 Å². The Morgan fingerprint density at radius 2 is 2.25 bits per heavy atom. The molecule has 28 heavy (non-hydrogen) atoms. The molecule has 2 aromatic heterocycles. The zero-order valence-electron chi connectivity index (χ0n) is 15.4. The van der Waals surface area contributed by atoms with Gasteiger partial charge in [-0.25, -0.2) is 4.98 Å². The van der Waals surface area contributed by atoms with Gasteiger partial charge in [0.05, 0.1) is 15.3 Å². The summed E-state index contributed by atoms with van der Waals surface area (Å²) in [7, 11) is 0. The number of aromatic nitrogens is 2. The molecule has 0 spiro atoms. The van der Waals surface area contributed by atoms with Crippen LogP contribution in [0, 0.1) is 23.0 Å². The fourth-order valence-electron chi connectivity index (χ4n) is 3.59. The van der Waals surface area contributed by atoms with Crippen molar-refractivity contribution in [3.8, 4) is 0 Å². The zero-order valence-corrected chi connectivity index (χ0v) is 17.0. The Bertz CT molecular complexity index is 1200. The van der Waals surface area contributed by atoms with E-state index in [4.69, 9.17) is 11.6 Å². The van der Waals surface area contributed by atoms with E-state index >= 15 is 0 Å². The average Bonchev–Trinajstić information content (AvgIpc) is 3.00. The summed E-state index contributed by atoms with van der Waals surface area (Å²) in [5, 5.41) is 12.0. The molecule has 0 fully saturated rings. The van der Waals surface area contributed by atoms with E-state index in [1.54, 1.807) is 36.5 Å². The molecule has 0 saturated heterocycles. The number of fused-ring (bicyclic) bond motifs is 3. The van der Waals surface area contributed by atoms with Crippen LogP contribution in [0.15, 0.2) is 23.0 Å². The van der Waals surface area contributed by atoms with Crippen LogP contribution in [0.5, 0.6) is 0 Å². The maximum absolute atomic E-state index is 12.7. The van der Waals surface area contributed by atoms with Crippen molar-refractivity contribution in [2.24, 2.45) is 5.92 Å². The molecular weight excluding hydrogens is 398 g/mol. The minimum atomic E-state index is -0.427. The second-order valence-corrected chi connectivity index (χ2v) is 8.73. The number of aryl methyl sites for hydroxylation is 2. The zero-order chi connectivity index (χ0) is 20.0. The van der Waals surface area contributed by atoms with E-state index in [-0.39, 0.29) is 22.1 Å². The van der Waals surface area contributed by atoms with Crippen LogP contribution in [0.4, 0.5) is 5.69 Å². The van der Waals surface area contributed by atoms with Gasteiger partial charge < -0.3 is 4.98 Å². The lowest BCUT2D eigenvalue weighted by atomic mass is 9.89. The summed E-state index contributed by atoms with van der Waals surface area (Å²) >= 11 is 7.96. The number of benzene rings is 1. The van der Waals surface area contributed by atoms with Crippen LogP contribution in [0.25, 0.3) is 21.3 Å². The van der Waals surface area contributed by atoms with Gasteiger partial charge in [-0.2, -0.15) is 0 Å². The molecule has 1 atom stereocenters. The molecule has 4 rings (SSSR count). The van der Waals surface area contributed by atoms with Gasteiger partial charge in [0.15, 0.2) is 5.82 Å². The topological polar surface area (TPSA) is 88.9 Å². The molecule has 2 heterocycles. The molecule has 144 valence electrons. The van der Waals surface area contributed by atoms with Crippen molar-refractivity contribution in [2.45, 2.75) is 33.1 Å². The summed E-state index contributed by atoms with van der Waals surface area (Å²) in [5.74, 6) is 0.883. The highest BCUT2D eigenvalue weighted by molar-refractivity contribution is 7.18. The second kappa shape index (κ2) is 7.14. The standard InChI is InChI=1S/C20H18ClN3O3S/c1-10-3-6-13-16(7-10)28-20-17(13)19(25)22-18(23-20)14(21)8-12-5-4-11(2)15(9-12)24(26)27/h4-5,8-10H,3,6-7H2,1-2H3,(H,22,23,25)/b14-8-/t10-/m0/s1. The van der Waals surface area contributed by atoms with Gasteiger partial charge in [-0.15, -0.1) is 11.3 Å². The lowest BCUT2D eigenvalue weighted by Crippen LogP contribution is -2.14. The molecular formula is C20H18ClN3O3S. The maximum atomic E-state index is 12.7. The molecule has 6 nitrogen and oxygen atoms in total. The summed E-state index contributed by atoms with van der Waals surface area (Å²) < 4.78 is 0. The average molecular weight is 416 g/mol. The first-order valence-corrected chi connectivity index (χ1v) is 10.2. The summed E-state index contributed by atoms with van der Waals surface area (Å²) in [5.41, 5.74) is 2.10. The molecule has 1 N–H and O–H groups in total. The molecule has 0 amide bonds. The lowest BCUT2D eigenvalue weighted by Gasteiger charge is -2.17. The van der Waals surface area contributed by atoms with Gasteiger partial charge in [0.1, 0.15) is 4.83 Å². The number of rotatable bonds is 3. The predicted octanol–water partition coefficient (Wildman–Crippen LogP) is 5.06. The molecule has 8 heteroatoms. The number of H-pyrrole nitrogens is 1. The molecule has 0 bridgehead atoms. The SMILES string of the molecule is Cc1ccc(/C=C(\Cl)c2nc3sc4c(c3c(=O)[nH]2)CC[C@H](C)C4)cc1[N+](=O)[O-]. The Hall–Kier alpha value is -2.51. The third kappa shape index (κ3) is 3.36. The van der Waals surface area contributed by atoms with Gasteiger partial charge in [-0.05, 0) is 49.3 Å². The molecule has 3 aromatic rings. The van der Waals surface area contributed by atoms with Crippen molar-refractivity contribution >= 4 is 50.0 Å². The molecule has 0 unspecified atom stereocenters. The number of hydrogen-bond acceptors (Lipinski definition) is 5. The molecule has 0 saturated carbocycles. The first-order valence-electron chi connectivity index (χ1n) is 9.00. The van der Waals surface area contributed by atoms with Gasteiger partial charge in [0.25, 0.3) is 11.2 Å². The Morgan fingerprint density at radius 1 is 1.46 bits per heavy atom. The minimum absolute atomic E-state index is 0.0233. The van der Waals surface area contributed by atoms with E-state index in [0.29, 0.717) is 27.3 Å². The highest BCUT2D eigenvalue weighted by atomic mass is 35.5. The number of thiophene rings is 1. The lowest BCUT2D eigenvalue weighted by molar-refractivity contribution is -0.385. The Labute approximate surface area is 170 Å². The van der Waals surface area contributed by atoms with Crippen molar-refractivity contribution in [3.05, 3.63) is 66.1 Å². The second-order valence-electron chi connectivity index (χ2n) is 7.24. The minimum Gasteiger partial charge on any atom is -0.305 e. The third-order valence-corrected chi connectivity index (χ3v) is 6.55. The molecule has 1 aliphatic carbocycles. The van der Waals surface area contributed by atoms with Gasteiger partial charge in [0, 0.05) is 16.5 Å². The molecule has 1 aliphatic rings.